The fraction of sp³-hybridized carbons (Fsp3) is 0.400. The molecule has 1 aliphatic rings. The maximum atomic E-state index is 12.1. The van der Waals surface area contributed by atoms with E-state index in [0.717, 1.165) is 73.4 Å². The molecule has 1 aromatic heterocycles. The van der Waals surface area contributed by atoms with E-state index in [4.69, 9.17) is 21.1 Å². The maximum absolute atomic E-state index is 12.1. The monoisotopic (exact) mass is 440 g/mol. The molecule has 164 valence electrons. The third-order valence-electron chi connectivity index (χ3n) is 6.00. The lowest BCUT2D eigenvalue weighted by Gasteiger charge is -2.32. The van der Waals surface area contributed by atoms with Crippen LogP contribution in [-0.2, 0) is 6.54 Å². The number of hydrogen-bond donors (Lipinski definition) is 0. The highest BCUT2D eigenvalue weighted by Crippen LogP contribution is 2.31. The minimum Gasteiger partial charge on any atom is -0.495 e. The van der Waals surface area contributed by atoms with Crippen LogP contribution in [0.1, 0.15) is 36.5 Å². The Kier molecular flexibility index (Phi) is 6.83. The van der Waals surface area contributed by atoms with Gasteiger partial charge in [-0.15, -0.1) is 0 Å². The van der Waals surface area contributed by atoms with E-state index in [-0.39, 0.29) is 11.9 Å². The molecule has 0 bridgehead atoms. The number of para-hydroxylation sites is 2. The van der Waals surface area contributed by atoms with Gasteiger partial charge in [0.2, 0.25) is 0 Å². The van der Waals surface area contributed by atoms with Gasteiger partial charge < -0.3 is 18.9 Å². The molecule has 0 N–H and O–H groups in total. The van der Waals surface area contributed by atoms with Gasteiger partial charge in [-0.3, -0.25) is 4.79 Å². The minimum atomic E-state index is 0.0811. The van der Waals surface area contributed by atoms with Crippen molar-refractivity contribution < 1.29 is 14.3 Å². The predicted octanol–water partition coefficient (Wildman–Crippen LogP) is 5.44. The third kappa shape index (κ3) is 4.89. The second-order valence-electron chi connectivity index (χ2n) is 8.09. The number of rotatable bonds is 8. The summed E-state index contributed by atoms with van der Waals surface area (Å²) in [6.45, 7) is 5.52. The van der Waals surface area contributed by atoms with E-state index in [0.29, 0.717) is 5.02 Å². The van der Waals surface area contributed by atoms with E-state index in [1.54, 1.807) is 14.0 Å². The molecule has 0 amide bonds. The van der Waals surface area contributed by atoms with Gasteiger partial charge in [0.05, 0.1) is 17.6 Å². The van der Waals surface area contributed by atoms with Crippen molar-refractivity contribution in [2.45, 2.75) is 38.8 Å². The van der Waals surface area contributed by atoms with Gasteiger partial charge in [0.25, 0.3) is 0 Å². The first kappa shape index (κ1) is 21.7. The molecule has 3 aromatic rings. The van der Waals surface area contributed by atoms with Crippen LogP contribution in [0.3, 0.4) is 0 Å². The zero-order valence-corrected chi connectivity index (χ0v) is 18.9. The number of ether oxygens (including phenoxy) is 2. The second kappa shape index (κ2) is 9.75. The van der Waals surface area contributed by atoms with Crippen molar-refractivity contribution in [1.82, 2.24) is 9.47 Å². The number of piperidine rings is 1. The van der Waals surface area contributed by atoms with E-state index in [1.165, 1.54) is 0 Å². The van der Waals surface area contributed by atoms with Gasteiger partial charge in [-0.05, 0) is 50.9 Å². The number of likely N-dealkylation sites (tertiary alicyclic amines) is 1. The topological polar surface area (TPSA) is 43.7 Å². The molecule has 0 aliphatic carbocycles. The molecule has 6 heteroatoms. The van der Waals surface area contributed by atoms with Crippen molar-refractivity contribution in [3.8, 4) is 11.5 Å². The Morgan fingerprint density at radius 1 is 1.06 bits per heavy atom. The van der Waals surface area contributed by atoms with E-state index in [1.807, 2.05) is 48.7 Å². The quantitative estimate of drug-likeness (QED) is 0.437. The molecule has 0 atom stereocenters. The van der Waals surface area contributed by atoms with Gasteiger partial charge in [0, 0.05) is 36.8 Å². The molecular weight excluding hydrogens is 412 g/mol. The first-order valence-electron chi connectivity index (χ1n) is 10.9. The van der Waals surface area contributed by atoms with Crippen molar-refractivity contribution in [2.75, 3.05) is 26.7 Å². The summed E-state index contributed by atoms with van der Waals surface area (Å²) in [7, 11) is 1.68. The lowest BCUT2D eigenvalue weighted by molar-refractivity contribution is 0.0993. The molecular formula is C25H29ClN2O3. The van der Waals surface area contributed by atoms with Gasteiger partial charge in [0.1, 0.15) is 17.6 Å². The van der Waals surface area contributed by atoms with Crippen molar-refractivity contribution in [2.24, 2.45) is 0 Å². The summed E-state index contributed by atoms with van der Waals surface area (Å²) in [5.74, 6) is 1.66. The summed E-state index contributed by atoms with van der Waals surface area (Å²) in [6.07, 6.45) is 5.20. The summed E-state index contributed by atoms with van der Waals surface area (Å²) < 4.78 is 13.8. The normalized spacial score (nSPS) is 15.3. The van der Waals surface area contributed by atoms with Crippen LogP contribution in [0.5, 0.6) is 11.5 Å². The summed E-state index contributed by atoms with van der Waals surface area (Å²) in [4.78, 5) is 14.6. The Hall–Kier alpha value is -2.50. The molecule has 2 heterocycles. The second-order valence-corrected chi connectivity index (χ2v) is 8.50. The largest absolute Gasteiger partial charge is 0.495 e. The van der Waals surface area contributed by atoms with Crippen LogP contribution in [0.2, 0.25) is 5.02 Å². The molecule has 5 nitrogen and oxygen atoms in total. The minimum absolute atomic E-state index is 0.0811. The fourth-order valence-corrected chi connectivity index (χ4v) is 4.56. The van der Waals surface area contributed by atoms with E-state index >= 15 is 0 Å². The summed E-state index contributed by atoms with van der Waals surface area (Å²) in [6, 6.07) is 13.5. The number of hydrogen-bond acceptors (Lipinski definition) is 4. The number of carbonyl (C=O) groups excluding carboxylic acids is 1. The Morgan fingerprint density at radius 3 is 2.52 bits per heavy atom. The van der Waals surface area contributed by atoms with Crippen LogP contribution in [0.25, 0.3) is 10.9 Å². The molecule has 4 rings (SSSR count). The summed E-state index contributed by atoms with van der Waals surface area (Å²) in [5, 5.41) is 1.63. The van der Waals surface area contributed by atoms with Crippen LogP contribution in [0, 0.1) is 0 Å². The maximum Gasteiger partial charge on any atom is 0.161 e. The van der Waals surface area contributed by atoms with Gasteiger partial charge >= 0.3 is 0 Å². The van der Waals surface area contributed by atoms with Crippen molar-refractivity contribution >= 4 is 28.3 Å². The third-order valence-corrected chi connectivity index (χ3v) is 6.31. The molecule has 2 aromatic carbocycles. The Morgan fingerprint density at radius 2 is 1.81 bits per heavy atom. The smallest absolute Gasteiger partial charge is 0.161 e. The number of fused-ring (bicyclic) bond motifs is 1. The number of halogens is 1. The van der Waals surface area contributed by atoms with Crippen LogP contribution >= 0.6 is 11.6 Å². The molecule has 0 saturated carbocycles. The van der Waals surface area contributed by atoms with Gasteiger partial charge in [0.15, 0.2) is 5.78 Å². The van der Waals surface area contributed by atoms with Crippen molar-refractivity contribution in [3.63, 3.8) is 0 Å². The van der Waals surface area contributed by atoms with Gasteiger partial charge in [-0.2, -0.15) is 0 Å². The molecule has 0 unspecified atom stereocenters. The first-order chi connectivity index (χ1) is 15.1. The lowest BCUT2D eigenvalue weighted by Crippen LogP contribution is -2.39. The number of benzene rings is 2. The zero-order chi connectivity index (χ0) is 21.8. The van der Waals surface area contributed by atoms with Crippen LogP contribution in [-0.4, -0.2) is 48.1 Å². The number of Topliss-reactive ketones (excluding diaryl/α,β-unsaturated/α-hetero) is 1. The van der Waals surface area contributed by atoms with Crippen LogP contribution < -0.4 is 9.47 Å². The molecule has 0 radical (unpaired) electrons. The van der Waals surface area contributed by atoms with Crippen molar-refractivity contribution in [1.29, 1.82) is 0 Å². The molecule has 1 fully saturated rings. The fourth-order valence-electron chi connectivity index (χ4n) is 4.38. The summed E-state index contributed by atoms with van der Waals surface area (Å²) in [5.41, 5.74) is 1.76. The highest BCUT2D eigenvalue weighted by atomic mass is 35.5. The SMILES string of the molecule is COc1cccc2c(C(C)=O)cn(CCCN3CCC(Oc4ccccc4Cl)CC3)c12. The van der Waals surface area contributed by atoms with Crippen LogP contribution in [0.15, 0.2) is 48.7 Å². The van der Waals surface area contributed by atoms with Gasteiger partial charge in [-0.1, -0.05) is 35.9 Å². The highest BCUT2D eigenvalue weighted by molar-refractivity contribution is 6.32. The average Bonchev–Trinajstić information content (AvgIpc) is 3.16. The molecule has 1 saturated heterocycles. The number of carbonyl (C=O) groups is 1. The van der Waals surface area contributed by atoms with E-state index in [9.17, 15) is 4.79 Å². The number of methoxy groups -OCH3 is 1. The van der Waals surface area contributed by atoms with E-state index < -0.39 is 0 Å². The highest BCUT2D eigenvalue weighted by Gasteiger charge is 2.21. The lowest BCUT2D eigenvalue weighted by atomic mass is 10.1. The Labute approximate surface area is 188 Å². The number of ketones is 1. The van der Waals surface area contributed by atoms with Gasteiger partial charge in [-0.25, -0.2) is 0 Å². The predicted molar refractivity (Wildman–Crippen MR) is 125 cm³/mol. The summed E-state index contributed by atoms with van der Waals surface area (Å²) >= 11 is 6.22. The average molecular weight is 441 g/mol. The number of aromatic nitrogens is 1. The van der Waals surface area contributed by atoms with Crippen LogP contribution in [0.4, 0.5) is 0 Å². The number of nitrogens with zero attached hydrogens (tertiary/aromatic N) is 2. The van der Waals surface area contributed by atoms with E-state index in [2.05, 4.69) is 9.47 Å². The first-order valence-corrected chi connectivity index (χ1v) is 11.2. The standard InChI is InChI=1S/C25H29ClN2O3/c1-18(29)21-17-28(25-20(21)7-5-10-24(25)30-2)14-6-13-27-15-11-19(12-16-27)31-23-9-4-3-8-22(23)26/h3-5,7-10,17,19H,6,11-16H2,1-2H3. The number of aryl methyl sites for hydroxylation is 1. The van der Waals surface area contributed by atoms with Crippen molar-refractivity contribution in [3.05, 3.63) is 59.2 Å². The Balaban J connectivity index is 1.33. The molecule has 1 aliphatic heterocycles. The molecule has 31 heavy (non-hydrogen) atoms. The Bertz CT molecular complexity index is 1050. The zero-order valence-electron chi connectivity index (χ0n) is 18.1. The molecule has 0 spiro atoms.